The van der Waals surface area contributed by atoms with Crippen molar-refractivity contribution in [2.24, 2.45) is 5.41 Å². The van der Waals surface area contributed by atoms with Crippen LogP contribution in [0.2, 0.25) is 0 Å². The van der Waals surface area contributed by atoms with E-state index in [2.05, 4.69) is 58.1 Å². The SMILES string of the molecule is CCNC(CC(C)(C)C)c1c(CC)oc2ccccc12. The maximum atomic E-state index is 6.05. The van der Waals surface area contributed by atoms with Crippen LogP contribution in [0.1, 0.15) is 58.4 Å². The third-order valence-corrected chi connectivity index (χ3v) is 3.65. The van der Waals surface area contributed by atoms with Gasteiger partial charge in [0, 0.05) is 23.4 Å². The first-order chi connectivity index (χ1) is 9.46. The van der Waals surface area contributed by atoms with E-state index in [1.165, 1.54) is 10.9 Å². The largest absolute Gasteiger partial charge is 0.461 e. The first-order valence-electron chi connectivity index (χ1n) is 7.70. The minimum Gasteiger partial charge on any atom is -0.461 e. The van der Waals surface area contributed by atoms with Crippen LogP contribution in [-0.2, 0) is 6.42 Å². The Balaban J connectivity index is 2.51. The minimum absolute atomic E-state index is 0.288. The zero-order chi connectivity index (χ0) is 14.8. The summed E-state index contributed by atoms with van der Waals surface area (Å²) in [6.07, 6.45) is 2.05. The number of nitrogens with one attached hydrogen (secondary N) is 1. The monoisotopic (exact) mass is 273 g/mol. The van der Waals surface area contributed by atoms with Gasteiger partial charge in [-0.05, 0) is 24.4 Å². The zero-order valence-electron chi connectivity index (χ0n) is 13.4. The molecule has 20 heavy (non-hydrogen) atoms. The molecule has 0 bridgehead atoms. The Bertz CT molecular complexity index is 562. The van der Waals surface area contributed by atoms with Gasteiger partial charge in [-0.25, -0.2) is 0 Å². The minimum atomic E-state index is 0.288. The second kappa shape index (κ2) is 6.01. The van der Waals surface area contributed by atoms with E-state index >= 15 is 0 Å². The molecule has 0 aliphatic rings. The molecule has 1 N–H and O–H groups in total. The fourth-order valence-electron chi connectivity index (χ4n) is 2.90. The van der Waals surface area contributed by atoms with Gasteiger partial charge in [-0.2, -0.15) is 0 Å². The van der Waals surface area contributed by atoms with E-state index < -0.39 is 0 Å². The van der Waals surface area contributed by atoms with Crippen molar-refractivity contribution in [2.45, 2.75) is 53.5 Å². The van der Waals surface area contributed by atoms with E-state index in [0.29, 0.717) is 6.04 Å². The van der Waals surface area contributed by atoms with Gasteiger partial charge in [0.1, 0.15) is 11.3 Å². The maximum Gasteiger partial charge on any atom is 0.134 e. The number of hydrogen-bond donors (Lipinski definition) is 1. The predicted molar refractivity (Wildman–Crippen MR) is 86.1 cm³/mol. The molecule has 1 aromatic carbocycles. The Morgan fingerprint density at radius 2 is 1.85 bits per heavy atom. The van der Waals surface area contributed by atoms with E-state index in [1.807, 2.05) is 6.07 Å². The number of benzene rings is 1. The van der Waals surface area contributed by atoms with Crippen LogP contribution < -0.4 is 5.32 Å². The fraction of sp³-hybridized carbons (Fsp3) is 0.556. The van der Waals surface area contributed by atoms with E-state index in [9.17, 15) is 0 Å². The molecule has 2 rings (SSSR count). The van der Waals surface area contributed by atoms with Crippen LogP contribution in [0, 0.1) is 5.41 Å². The fourth-order valence-corrected chi connectivity index (χ4v) is 2.90. The van der Waals surface area contributed by atoms with Crippen molar-refractivity contribution in [1.29, 1.82) is 0 Å². The number of furan rings is 1. The summed E-state index contributed by atoms with van der Waals surface area (Å²) in [5.41, 5.74) is 2.66. The van der Waals surface area contributed by atoms with Gasteiger partial charge in [0.15, 0.2) is 0 Å². The Morgan fingerprint density at radius 1 is 1.15 bits per heavy atom. The van der Waals surface area contributed by atoms with Gasteiger partial charge in [-0.1, -0.05) is 52.8 Å². The molecule has 0 amide bonds. The van der Waals surface area contributed by atoms with Gasteiger partial charge in [0.2, 0.25) is 0 Å². The van der Waals surface area contributed by atoms with Crippen molar-refractivity contribution >= 4 is 11.0 Å². The van der Waals surface area contributed by atoms with Crippen LogP contribution in [0.15, 0.2) is 28.7 Å². The molecule has 1 unspecified atom stereocenters. The summed E-state index contributed by atoms with van der Waals surface area (Å²) in [6.45, 7) is 12.2. The van der Waals surface area contributed by atoms with Crippen LogP contribution in [0.4, 0.5) is 0 Å². The normalized spacial score (nSPS) is 13.8. The topological polar surface area (TPSA) is 25.2 Å². The van der Waals surface area contributed by atoms with Gasteiger partial charge < -0.3 is 9.73 Å². The molecule has 110 valence electrons. The highest BCUT2D eigenvalue weighted by Crippen LogP contribution is 2.37. The van der Waals surface area contributed by atoms with Crippen molar-refractivity contribution in [3.63, 3.8) is 0 Å². The summed E-state index contributed by atoms with van der Waals surface area (Å²) in [7, 11) is 0. The van der Waals surface area contributed by atoms with Crippen LogP contribution in [-0.4, -0.2) is 6.54 Å². The Labute approximate surface area is 122 Å². The number of para-hydroxylation sites is 1. The molecule has 0 spiro atoms. The third kappa shape index (κ3) is 3.24. The second-order valence-corrected chi connectivity index (χ2v) is 6.66. The molecule has 1 atom stereocenters. The lowest BCUT2D eigenvalue weighted by molar-refractivity contribution is 0.312. The predicted octanol–water partition coefficient (Wildman–Crippen LogP) is 5.08. The van der Waals surface area contributed by atoms with E-state index in [0.717, 1.165) is 30.7 Å². The lowest BCUT2D eigenvalue weighted by Crippen LogP contribution is -2.26. The summed E-state index contributed by atoms with van der Waals surface area (Å²) in [5.74, 6) is 1.13. The molecule has 1 aromatic heterocycles. The van der Waals surface area contributed by atoms with Crippen molar-refractivity contribution in [3.8, 4) is 0 Å². The molecule has 2 nitrogen and oxygen atoms in total. The molecule has 1 heterocycles. The lowest BCUT2D eigenvalue weighted by Gasteiger charge is -2.27. The third-order valence-electron chi connectivity index (χ3n) is 3.65. The van der Waals surface area contributed by atoms with Crippen molar-refractivity contribution < 1.29 is 4.42 Å². The average molecular weight is 273 g/mol. The second-order valence-electron chi connectivity index (χ2n) is 6.66. The highest BCUT2D eigenvalue weighted by molar-refractivity contribution is 5.82. The Kier molecular flexibility index (Phi) is 4.54. The van der Waals surface area contributed by atoms with E-state index in [4.69, 9.17) is 4.42 Å². The van der Waals surface area contributed by atoms with Crippen LogP contribution in [0.3, 0.4) is 0 Å². The summed E-state index contributed by atoms with van der Waals surface area (Å²) < 4.78 is 6.05. The average Bonchev–Trinajstić information content (AvgIpc) is 2.75. The highest BCUT2D eigenvalue weighted by atomic mass is 16.3. The van der Waals surface area contributed by atoms with Gasteiger partial charge in [0.25, 0.3) is 0 Å². The van der Waals surface area contributed by atoms with Gasteiger partial charge in [-0.3, -0.25) is 0 Å². The molecule has 0 saturated carbocycles. The standard InChI is InChI=1S/C18H27NO/c1-6-15-17(13-10-8-9-11-16(13)20-15)14(19-7-2)12-18(3,4)5/h8-11,14,19H,6-7,12H2,1-5H3. The van der Waals surface area contributed by atoms with Crippen molar-refractivity contribution in [1.82, 2.24) is 5.32 Å². The summed E-state index contributed by atoms with van der Waals surface area (Å²) >= 11 is 0. The van der Waals surface area contributed by atoms with Crippen LogP contribution >= 0.6 is 0 Å². The molecular formula is C18H27NO. The van der Waals surface area contributed by atoms with Gasteiger partial charge in [0.05, 0.1) is 0 Å². The molecule has 0 aliphatic carbocycles. The summed E-state index contributed by atoms with van der Waals surface area (Å²) in [5, 5.41) is 4.91. The van der Waals surface area contributed by atoms with E-state index in [-0.39, 0.29) is 5.41 Å². The number of aryl methyl sites for hydroxylation is 1. The summed E-state index contributed by atoms with van der Waals surface area (Å²) in [4.78, 5) is 0. The van der Waals surface area contributed by atoms with E-state index in [1.54, 1.807) is 0 Å². The maximum absolute atomic E-state index is 6.05. The molecule has 2 aromatic rings. The summed E-state index contributed by atoms with van der Waals surface area (Å²) in [6, 6.07) is 8.75. The molecule has 0 radical (unpaired) electrons. The molecule has 0 saturated heterocycles. The van der Waals surface area contributed by atoms with Crippen LogP contribution in [0.25, 0.3) is 11.0 Å². The highest BCUT2D eigenvalue weighted by Gasteiger charge is 2.25. The van der Waals surface area contributed by atoms with Gasteiger partial charge in [-0.15, -0.1) is 0 Å². The Hall–Kier alpha value is -1.28. The quantitative estimate of drug-likeness (QED) is 0.821. The van der Waals surface area contributed by atoms with Crippen LogP contribution in [0.5, 0.6) is 0 Å². The Morgan fingerprint density at radius 3 is 2.45 bits per heavy atom. The van der Waals surface area contributed by atoms with Gasteiger partial charge >= 0.3 is 0 Å². The lowest BCUT2D eigenvalue weighted by atomic mass is 9.84. The molecular weight excluding hydrogens is 246 g/mol. The number of hydrogen-bond acceptors (Lipinski definition) is 2. The smallest absolute Gasteiger partial charge is 0.134 e. The number of rotatable bonds is 5. The first-order valence-corrected chi connectivity index (χ1v) is 7.70. The molecule has 0 fully saturated rings. The molecule has 0 aliphatic heterocycles. The first kappa shape index (κ1) is 15.1. The van der Waals surface area contributed by atoms with Crippen molar-refractivity contribution in [3.05, 3.63) is 35.6 Å². The van der Waals surface area contributed by atoms with Crippen molar-refractivity contribution in [2.75, 3.05) is 6.54 Å². The number of fused-ring (bicyclic) bond motifs is 1. The molecule has 2 heteroatoms. The zero-order valence-corrected chi connectivity index (χ0v) is 13.4.